The fraction of sp³-hybridized carbons (Fsp3) is 0.533. The molecule has 106 valence electrons. The van der Waals surface area contributed by atoms with E-state index >= 15 is 0 Å². The Morgan fingerprint density at radius 2 is 2.30 bits per heavy atom. The first-order chi connectivity index (χ1) is 9.78. The first kappa shape index (κ1) is 13.2. The third-order valence-electron chi connectivity index (χ3n) is 3.83. The number of rotatable bonds is 3. The van der Waals surface area contributed by atoms with Crippen LogP contribution in [0.4, 0.5) is 0 Å². The molecule has 0 fully saturated rings. The average molecular weight is 271 g/mol. The number of hydrogen-bond donors (Lipinski definition) is 1. The maximum absolute atomic E-state index is 4.76. The van der Waals surface area contributed by atoms with Crippen LogP contribution in [0, 0.1) is 0 Å². The molecule has 0 aliphatic heterocycles. The van der Waals surface area contributed by atoms with Gasteiger partial charge in [-0.25, -0.2) is 9.97 Å². The van der Waals surface area contributed by atoms with E-state index in [4.69, 9.17) is 4.98 Å². The number of nitrogens with zero attached hydrogens (tertiary/aromatic N) is 4. The molecular formula is C15H21N5. The minimum Gasteiger partial charge on any atom is -0.310 e. The lowest BCUT2D eigenvalue weighted by Gasteiger charge is -2.17. The van der Waals surface area contributed by atoms with Crippen molar-refractivity contribution in [2.75, 3.05) is 6.54 Å². The van der Waals surface area contributed by atoms with Crippen molar-refractivity contribution in [2.45, 2.75) is 38.6 Å². The third kappa shape index (κ3) is 2.58. The SMILES string of the molecule is CCNC1CCCCc2nc(-c3ccn(C)n3)ncc21. The molecule has 5 nitrogen and oxygen atoms in total. The van der Waals surface area contributed by atoms with Crippen LogP contribution in [-0.2, 0) is 13.5 Å². The third-order valence-corrected chi connectivity index (χ3v) is 3.83. The van der Waals surface area contributed by atoms with Crippen molar-refractivity contribution >= 4 is 0 Å². The predicted molar refractivity (Wildman–Crippen MR) is 78.2 cm³/mol. The Balaban J connectivity index is 1.97. The fourth-order valence-corrected chi connectivity index (χ4v) is 2.83. The van der Waals surface area contributed by atoms with Gasteiger partial charge in [0.15, 0.2) is 5.82 Å². The van der Waals surface area contributed by atoms with E-state index in [1.807, 2.05) is 25.5 Å². The van der Waals surface area contributed by atoms with Crippen molar-refractivity contribution in [3.05, 3.63) is 29.7 Å². The van der Waals surface area contributed by atoms with E-state index in [1.165, 1.54) is 30.5 Å². The molecule has 20 heavy (non-hydrogen) atoms. The second-order valence-electron chi connectivity index (χ2n) is 5.33. The minimum atomic E-state index is 0.398. The lowest BCUT2D eigenvalue weighted by molar-refractivity contribution is 0.502. The van der Waals surface area contributed by atoms with Crippen LogP contribution < -0.4 is 5.32 Å². The Morgan fingerprint density at radius 3 is 3.05 bits per heavy atom. The molecule has 0 saturated carbocycles. The molecule has 1 aliphatic rings. The number of fused-ring (bicyclic) bond motifs is 1. The second kappa shape index (κ2) is 5.71. The summed E-state index contributed by atoms with van der Waals surface area (Å²) in [5, 5.41) is 7.93. The lowest BCUT2D eigenvalue weighted by Crippen LogP contribution is -2.21. The predicted octanol–water partition coefficient (Wildman–Crippen LogP) is 2.25. The number of hydrogen-bond acceptors (Lipinski definition) is 4. The van der Waals surface area contributed by atoms with E-state index < -0.39 is 0 Å². The van der Waals surface area contributed by atoms with Gasteiger partial charge in [0, 0.05) is 36.7 Å². The number of aromatic nitrogens is 4. The zero-order chi connectivity index (χ0) is 13.9. The van der Waals surface area contributed by atoms with Gasteiger partial charge in [-0.15, -0.1) is 0 Å². The van der Waals surface area contributed by atoms with Gasteiger partial charge in [-0.05, 0) is 31.9 Å². The topological polar surface area (TPSA) is 55.6 Å². The van der Waals surface area contributed by atoms with E-state index in [-0.39, 0.29) is 0 Å². The number of nitrogens with one attached hydrogen (secondary N) is 1. The van der Waals surface area contributed by atoms with Gasteiger partial charge in [0.05, 0.1) is 0 Å². The summed E-state index contributed by atoms with van der Waals surface area (Å²) < 4.78 is 1.78. The molecule has 1 atom stereocenters. The molecule has 2 aromatic heterocycles. The second-order valence-corrected chi connectivity index (χ2v) is 5.33. The highest BCUT2D eigenvalue weighted by atomic mass is 15.3. The minimum absolute atomic E-state index is 0.398. The largest absolute Gasteiger partial charge is 0.310 e. The van der Waals surface area contributed by atoms with Crippen LogP contribution in [-0.4, -0.2) is 26.3 Å². The molecule has 0 radical (unpaired) electrons. The molecule has 5 heteroatoms. The van der Waals surface area contributed by atoms with Gasteiger partial charge in [0.1, 0.15) is 5.69 Å². The highest BCUT2D eigenvalue weighted by Gasteiger charge is 2.20. The van der Waals surface area contributed by atoms with Crippen molar-refractivity contribution in [1.82, 2.24) is 25.1 Å². The van der Waals surface area contributed by atoms with Crippen LogP contribution in [0.25, 0.3) is 11.5 Å². The van der Waals surface area contributed by atoms with Gasteiger partial charge in [-0.1, -0.05) is 13.3 Å². The summed E-state index contributed by atoms with van der Waals surface area (Å²) in [4.78, 5) is 9.29. The molecule has 0 amide bonds. The Bertz CT molecular complexity index is 590. The summed E-state index contributed by atoms with van der Waals surface area (Å²) in [5.74, 6) is 0.737. The first-order valence-corrected chi connectivity index (χ1v) is 7.37. The van der Waals surface area contributed by atoms with E-state index in [1.54, 1.807) is 4.68 Å². The summed E-state index contributed by atoms with van der Waals surface area (Å²) in [7, 11) is 1.91. The molecule has 0 bridgehead atoms. The summed E-state index contributed by atoms with van der Waals surface area (Å²) in [6, 6.07) is 2.36. The molecule has 0 spiro atoms. The zero-order valence-corrected chi connectivity index (χ0v) is 12.1. The van der Waals surface area contributed by atoms with Crippen LogP contribution >= 0.6 is 0 Å². The summed E-state index contributed by atoms with van der Waals surface area (Å²) in [6.45, 7) is 3.12. The standard InChI is InChI=1S/C15H21N5/c1-3-16-12-6-4-5-7-13-11(12)10-17-15(18-13)14-8-9-20(2)19-14/h8-10,12,16H,3-7H2,1-2H3. The van der Waals surface area contributed by atoms with Crippen molar-refractivity contribution in [3.63, 3.8) is 0 Å². The molecule has 1 aliphatic carbocycles. The Labute approximate surface area is 119 Å². The van der Waals surface area contributed by atoms with Crippen LogP contribution in [0.2, 0.25) is 0 Å². The van der Waals surface area contributed by atoms with E-state index in [2.05, 4.69) is 22.3 Å². The average Bonchev–Trinajstić information content (AvgIpc) is 2.79. The van der Waals surface area contributed by atoms with Gasteiger partial charge in [-0.2, -0.15) is 5.10 Å². The van der Waals surface area contributed by atoms with Gasteiger partial charge < -0.3 is 5.32 Å². The lowest BCUT2D eigenvalue weighted by atomic mass is 10.0. The highest BCUT2D eigenvalue weighted by Crippen LogP contribution is 2.28. The summed E-state index contributed by atoms with van der Waals surface area (Å²) >= 11 is 0. The van der Waals surface area contributed by atoms with Gasteiger partial charge >= 0.3 is 0 Å². The molecule has 0 saturated heterocycles. The normalized spacial score (nSPS) is 18.6. The quantitative estimate of drug-likeness (QED) is 0.870. The number of aryl methyl sites for hydroxylation is 2. The van der Waals surface area contributed by atoms with Crippen molar-refractivity contribution in [2.24, 2.45) is 7.05 Å². The first-order valence-electron chi connectivity index (χ1n) is 7.37. The van der Waals surface area contributed by atoms with Crippen molar-refractivity contribution in [1.29, 1.82) is 0 Å². The van der Waals surface area contributed by atoms with Crippen LogP contribution in [0.1, 0.15) is 43.5 Å². The Hall–Kier alpha value is -1.75. The molecule has 3 rings (SSSR count). The Morgan fingerprint density at radius 1 is 1.40 bits per heavy atom. The Kier molecular flexibility index (Phi) is 3.78. The fourth-order valence-electron chi connectivity index (χ4n) is 2.83. The molecule has 1 unspecified atom stereocenters. The van der Waals surface area contributed by atoms with E-state index in [0.717, 1.165) is 24.5 Å². The van der Waals surface area contributed by atoms with Crippen LogP contribution in [0.5, 0.6) is 0 Å². The molecular weight excluding hydrogens is 250 g/mol. The zero-order valence-electron chi connectivity index (χ0n) is 12.1. The monoisotopic (exact) mass is 271 g/mol. The van der Waals surface area contributed by atoms with Gasteiger partial charge in [-0.3, -0.25) is 4.68 Å². The highest BCUT2D eigenvalue weighted by molar-refractivity contribution is 5.48. The van der Waals surface area contributed by atoms with E-state index in [0.29, 0.717) is 6.04 Å². The van der Waals surface area contributed by atoms with Crippen LogP contribution in [0.15, 0.2) is 18.5 Å². The van der Waals surface area contributed by atoms with Crippen LogP contribution in [0.3, 0.4) is 0 Å². The van der Waals surface area contributed by atoms with Crippen molar-refractivity contribution < 1.29 is 0 Å². The maximum Gasteiger partial charge on any atom is 0.180 e. The smallest absolute Gasteiger partial charge is 0.180 e. The maximum atomic E-state index is 4.76. The van der Waals surface area contributed by atoms with Gasteiger partial charge in [0.25, 0.3) is 0 Å². The van der Waals surface area contributed by atoms with Crippen molar-refractivity contribution in [3.8, 4) is 11.5 Å². The molecule has 2 heterocycles. The van der Waals surface area contributed by atoms with Gasteiger partial charge in [0.2, 0.25) is 0 Å². The molecule has 1 N–H and O–H groups in total. The van der Waals surface area contributed by atoms with E-state index in [9.17, 15) is 0 Å². The molecule has 0 aromatic carbocycles. The summed E-state index contributed by atoms with van der Waals surface area (Å²) in [6.07, 6.45) is 8.57. The summed E-state index contributed by atoms with van der Waals surface area (Å²) in [5.41, 5.74) is 3.30. The molecule has 2 aromatic rings.